The van der Waals surface area contributed by atoms with Gasteiger partial charge in [0, 0.05) is 33.0 Å². The minimum absolute atomic E-state index is 0.0245. The molecule has 1 saturated heterocycles. The number of hydrogen-bond acceptors (Lipinski definition) is 7. The predicted octanol–water partition coefficient (Wildman–Crippen LogP) is 8.99. The summed E-state index contributed by atoms with van der Waals surface area (Å²) in [6, 6.07) is 38.2. The Morgan fingerprint density at radius 2 is 1.48 bits per heavy atom. The monoisotopic (exact) mass is 800 g/mol. The van der Waals surface area contributed by atoms with Crippen molar-refractivity contribution in [2.24, 2.45) is 23.7 Å². The maximum atomic E-state index is 15.2. The molecule has 0 spiro atoms. The Morgan fingerprint density at radius 3 is 2.23 bits per heavy atom. The van der Waals surface area contributed by atoms with Crippen molar-refractivity contribution in [2.45, 2.75) is 24.2 Å². The van der Waals surface area contributed by atoms with Gasteiger partial charge in [-0.05, 0) is 90.6 Å². The van der Waals surface area contributed by atoms with E-state index in [1.165, 1.54) is 11.0 Å². The first kappa shape index (κ1) is 34.3. The van der Waals surface area contributed by atoms with Crippen LogP contribution in [-0.2, 0) is 24.6 Å². The summed E-state index contributed by atoms with van der Waals surface area (Å²) in [6.07, 6.45) is 3.92. The number of fused-ring (bicyclic) bond motifs is 5. The van der Waals surface area contributed by atoms with Crippen molar-refractivity contribution in [1.29, 1.82) is 0 Å². The third kappa shape index (κ3) is 5.00. The SMILES string of the molecule is O=C1C(c2ccccc2)=CC(=O)[C@@]2(c3ccccc3)[C@@H](c3cc(Br)ccc3O)C3=CC[C@@H]4C(=O)N(c5ccc(-c6nc7ccccc7o6)cc5)C(=O)[C@@H]4[C@@H]3C[C@@H]12. The van der Waals surface area contributed by atoms with Crippen molar-refractivity contribution in [3.8, 4) is 17.2 Å². The van der Waals surface area contributed by atoms with Gasteiger partial charge in [-0.1, -0.05) is 100 Å². The van der Waals surface area contributed by atoms with Crippen LogP contribution in [-0.4, -0.2) is 33.5 Å². The zero-order valence-electron chi connectivity index (χ0n) is 29.8. The van der Waals surface area contributed by atoms with Gasteiger partial charge in [0.1, 0.15) is 11.3 Å². The number of benzene rings is 5. The first-order chi connectivity index (χ1) is 27.3. The second-order valence-corrected chi connectivity index (χ2v) is 16.0. The van der Waals surface area contributed by atoms with Gasteiger partial charge in [-0.2, -0.15) is 0 Å². The zero-order valence-corrected chi connectivity index (χ0v) is 31.4. The molecule has 9 heteroatoms. The number of Topliss-reactive ketones (excluding diaryl/α,β-unsaturated/α-hetero) is 1. The number of rotatable bonds is 5. The standard InChI is InChI=1S/C47H33BrN2O6/c48-29-17-22-38(51)35(23-29)42-31-20-21-32-41(46(55)50(45(32)54)30-18-15-27(16-19-30)44-49-37-13-7-8-14-39(37)56-44)34(31)24-36-43(53)33(26-9-3-1-4-10-26)25-40(52)47(36,42)28-11-5-2-6-12-28/h1-20,22-23,25,32,34,36,41-42,51H,21,24H2/t32-,34+,36-,41-,42+,47-/m0/s1. The molecular formula is C47H33BrN2O6. The summed E-state index contributed by atoms with van der Waals surface area (Å²) in [5, 5.41) is 11.6. The summed E-state index contributed by atoms with van der Waals surface area (Å²) in [5.41, 5.74) is 3.96. The van der Waals surface area contributed by atoms with E-state index in [0.717, 1.165) is 11.1 Å². The summed E-state index contributed by atoms with van der Waals surface area (Å²) in [6.45, 7) is 0. The molecule has 2 fully saturated rings. The van der Waals surface area contributed by atoms with Crippen LogP contribution in [0.5, 0.6) is 5.75 Å². The normalized spacial score (nSPS) is 25.7. The molecule has 6 atom stereocenters. The maximum absolute atomic E-state index is 15.2. The molecule has 56 heavy (non-hydrogen) atoms. The Labute approximate surface area is 330 Å². The van der Waals surface area contributed by atoms with Crippen LogP contribution in [0.15, 0.2) is 154 Å². The van der Waals surface area contributed by atoms with Crippen LogP contribution in [0.4, 0.5) is 5.69 Å². The first-order valence-corrected chi connectivity index (χ1v) is 19.5. The lowest BCUT2D eigenvalue weighted by Gasteiger charge is -2.55. The second kappa shape index (κ2) is 13.0. The average Bonchev–Trinajstić information content (AvgIpc) is 3.78. The van der Waals surface area contributed by atoms with E-state index in [-0.39, 0.29) is 42.0 Å². The number of phenols is 1. The number of allylic oxidation sites excluding steroid dienone is 4. The number of amides is 2. The largest absolute Gasteiger partial charge is 0.508 e. The minimum Gasteiger partial charge on any atom is -0.508 e. The molecule has 3 aliphatic carbocycles. The number of anilines is 1. The van der Waals surface area contributed by atoms with Gasteiger partial charge >= 0.3 is 0 Å². The molecule has 5 aromatic carbocycles. The van der Waals surface area contributed by atoms with Crippen molar-refractivity contribution in [3.05, 3.63) is 166 Å². The number of phenolic OH excluding ortho intramolecular Hbond substituents is 1. The van der Waals surface area contributed by atoms with E-state index in [9.17, 15) is 14.7 Å². The predicted molar refractivity (Wildman–Crippen MR) is 214 cm³/mol. The fraction of sp³-hybridized carbons (Fsp3) is 0.170. The van der Waals surface area contributed by atoms with Crippen LogP contribution >= 0.6 is 15.9 Å². The molecule has 274 valence electrons. The average molecular weight is 802 g/mol. The van der Waals surface area contributed by atoms with E-state index >= 15 is 9.59 Å². The number of hydrogen-bond donors (Lipinski definition) is 1. The smallest absolute Gasteiger partial charge is 0.238 e. The van der Waals surface area contributed by atoms with Gasteiger partial charge in [-0.15, -0.1) is 0 Å². The number of oxazole rings is 1. The number of aromatic hydroxyl groups is 1. The fourth-order valence-corrected chi connectivity index (χ4v) is 10.4. The lowest BCUT2D eigenvalue weighted by molar-refractivity contribution is -0.135. The van der Waals surface area contributed by atoms with Gasteiger partial charge in [0.25, 0.3) is 0 Å². The molecule has 0 radical (unpaired) electrons. The summed E-state index contributed by atoms with van der Waals surface area (Å²) in [4.78, 5) is 65.3. The minimum atomic E-state index is -1.43. The Bertz CT molecular complexity index is 2650. The van der Waals surface area contributed by atoms with Crippen LogP contribution in [0.2, 0.25) is 0 Å². The zero-order chi connectivity index (χ0) is 38.3. The molecule has 1 saturated carbocycles. The van der Waals surface area contributed by atoms with Crippen LogP contribution in [0, 0.1) is 23.7 Å². The lowest BCUT2D eigenvalue weighted by Crippen LogP contribution is -2.58. The molecule has 8 nitrogen and oxygen atoms in total. The summed E-state index contributed by atoms with van der Waals surface area (Å²) < 4.78 is 6.64. The summed E-state index contributed by atoms with van der Waals surface area (Å²) in [7, 11) is 0. The lowest BCUT2D eigenvalue weighted by atomic mass is 9.44. The van der Waals surface area contributed by atoms with Gasteiger partial charge < -0.3 is 9.52 Å². The second-order valence-electron chi connectivity index (χ2n) is 15.0. The molecule has 1 aromatic heterocycles. The first-order valence-electron chi connectivity index (χ1n) is 18.7. The highest BCUT2D eigenvalue weighted by molar-refractivity contribution is 9.10. The van der Waals surface area contributed by atoms with E-state index in [2.05, 4.69) is 20.9 Å². The van der Waals surface area contributed by atoms with Crippen molar-refractivity contribution in [1.82, 2.24) is 4.98 Å². The number of ketones is 2. The molecule has 10 rings (SSSR count). The summed E-state index contributed by atoms with van der Waals surface area (Å²) in [5.74, 6) is -4.41. The quantitative estimate of drug-likeness (QED) is 0.137. The van der Waals surface area contributed by atoms with Gasteiger partial charge in [-0.3, -0.25) is 24.1 Å². The van der Waals surface area contributed by atoms with E-state index in [4.69, 9.17) is 4.42 Å². The van der Waals surface area contributed by atoms with Crippen LogP contribution < -0.4 is 4.90 Å². The third-order valence-electron chi connectivity index (χ3n) is 12.3. The number of aromatic nitrogens is 1. The van der Waals surface area contributed by atoms with Crippen LogP contribution in [0.3, 0.4) is 0 Å². The van der Waals surface area contributed by atoms with Gasteiger partial charge in [0.2, 0.25) is 17.7 Å². The van der Waals surface area contributed by atoms with E-state index in [0.29, 0.717) is 49.5 Å². The van der Waals surface area contributed by atoms with Crippen LogP contribution in [0.25, 0.3) is 28.1 Å². The maximum Gasteiger partial charge on any atom is 0.238 e. The Hall–Kier alpha value is -6.19. The molecule has 0 unspecified atom stereocenters. The number of carbonyl (C=O) groups excluding carboxylic acids is 4. The molecule has 0 bridgehead atoms. The number of carbonyl (C=O) groups is 4. The highest BCUT2D eigenvalue weighted by atomic mass is 79.9. The Morgan fingerprint density at radius 1 is 0.768 bits per heavy atom. The van der Waals surface area contributed by atoms with Crippen LogP contribution in [0.1, 0.15) is 35.4 Å². The van der Waals surface area contributed by atoms with Crippen molar-refractivity contribution in [2.75, 3.05) is 4.90 Å². The highest BCUT2D eigenvalue weighted by Crippen LogP contribution is 2.64. The van der Waals surface area contributed by atoms with Crippen molar-refractivity contribution < 1.29 is 28.7 Å². The molecule has 2 heterocycles. The number of para-hydroxylation sites is 2. The molecule has 2 amide bonds. The van der Waals surface area contributed by atoms with Gasteiger partial charge in [0.15, 0.2) is 17.1 Å². The van der Waals surface area contributed by atoms with Gasteiger partial charge in [0.05, 0.1) is 22.9 Å². The summed E-state index contributed by atoms with van der Waals surface area (Å²) >= 11 is 3.60. The molecular weight excluding hydrogens is 768 g/mol. The highest BCUT2D eigenvalue weighted by Gasteiger charge is 2.66. The molecule has 6 aromatic rings. The van der Waals surface area contributed by atoms with E-state index in [1.54, 1.807) is 42.5 Å². The number of nitrogens with zero attached hydrogens (tertiary/aromatic N) is 2. The van der Waals surface area contributed by atoms with Crippen molar-refractivity contribution in [3.63, 3.8) is 0 Å². The van der Waals surface area contributed by atoms with Crippen molar-refractivity contribution >= 4 is 61.7 Å². The number of imide groups is 1. The Balaban J connectivity index is 1.10. The fourth-order valence-electron chi connectivity index (χ4n) is 9.98. The molecule has 1 aliphatic heterocycles. The Kier molecular flexibility index (Phi) is 7.94. The molecule has 4 aliphatic rings. The third-order valence-corrected chi connectivity index (χ3v) is 12.8. The van der Waals surface area contributed by atoms with Gasteiger partial charge in [-0.25, -0.2) is 4.98 Å². The number of halogens is 1. The van der Waals surface area contributed by atoms with E-state index in [1.807, 2.05) is 91.0 Å². The van der Waals surface area contributed by atoms with E-state index < -0.39 is 35.0 Å². The molecule has 1 N–H and O–H groups in total. The topological polar surface area (TPSA) is 118 Å².